The van der Waals surface area contributed by atoms with Crippen LogP contribution < -0.4 is 0 Å². The predicted molar refractivity (Wildman–Crippen MR) is 88.6 cm³/mol. The highest BCUT2D eigenvalue weighted by Crippen LogP contribution is 2.27. The lowest BCUT2D eigenvalue weighted by Gasteiger charge is -2.07. The van der Waals surface area contributed by atoms with Crippen LogP contribution in [0.25, 0.3) is 11.5 Å². The summed E-state index contributed by atoms with van der Waals surface area (Å²) in [5.41, 5.74) is 1.39. The third-order valence-electron chi connectivity index (χ3n) is 3.11. The van der Waals surface area contributed by atoms with Gasteiger partial charge in [-0.05, 0) is 43.3 Å². The molecule has 1 atom stereocenters. The second-order valence-electron chi connectivity index (χ2n) is 4.74. The first-order chi connectivity index (χ1) is 11.1. The summed E-state index contributed by atoms with van der Waals surface area (Å²) in [5, 5.41) is 8.57. The molecule has 1 unspecified atom stereocenters. The molecule has 0 aliphatic rings. The largest absolute Gasteiger partial charge is 0.411 e. The number of ketones is 1. The van der Waals surface area contributed by atoms with Crippen LogP contribution in [0.3, 0.4) is 0 Å². The zero-order chi connectivity index (χ0) is 16.2. The normalized spacial score (nSPS) is 12.1. The van der Waals surface area contributed by atoms with Gasteiger partial charge in [0.15, 0.2) is 5.78 Å². The summed E-state index contributed by atoms with van der Waals surface area (Å²) in [7, 11) is 0. The van der Waals surface area contributed by atoms with Gasteiger partial charge in [0, 0.05) is 28.5 Å². The van der Waals surface area contributed by atoms with Gasteiger partial charge < -0.3 is 4.42 Å². The smallest absolute Gasteiger partial charge is 0.277 e. The van der Waals surface area contributed by atoms with E-state index in [4.69, 9.17) is 16.0 Å². The lowest BCUT2D eigenvalue weighted by atomic mass is 10.1. The molecule has 3 rings (SSSR count). The van der Waals surface area contributed by atoms with E-state index in [9.17, 15) is 4.79 Å². The van der Waals surface area contributed by atoms with Gasteiger partial charge in [0.2, 0.25) is 5.89 Å². The van der Waals surface area contributed by atoms with Crippen LogP contribution in [-0.2, 0) is 0 Å². The van der Waals surface area contributed by atoms with Gasteiger partial charge in [-0.2, -0.15) is 0 Å². The topological polar surface area (TPSA) is 68.9 Å². The Morgan fingerprint density at radius 2 is 1.83 bits per heavy atom. The highest BCUT2D eigenvalue weighted by atomic mass is 35.5. The molecule has 23 heavy (non-hydrogen) atoms. The maximum atomic E-state index is 12.4. The third-order valence-corrected chi connectivity index (χ3v) is 4.30. The van der Waals surface area contributed by atoms with Crippen LogP contribution in [0.2, 0.25) is 5.02 Å². The van der Waals surface area contributed by atoms with E-state index in [0.717, 1.165) is 5.56 Å². The Hall–Kier alpha value is -2.18. The number of Topliss-reactive ketones (excluding diaryl/α,β-unsaturated/α-hetero) is 1. The van der Waals surface area contributed by atoms with Crippen molar-refractivity contribution < 1.29 is 9.21 Å². The Bertz CT molecular complexity index is 806. The number of halogens is 1. The van der Waals surface area contributed by atoms with Crippen molar-refractivity contribution in [3.63, 3.8) is 0 Å². The standard InChI is InChI=1S/C16H12ClN3O2S/c1-10(14(21)11-2-4-13(17)5-3-11)23-16-20-19-15(22-16)12-6-8-18-9-7-12/h2-10H,1H3. The highest BCUT2D eigenvalue weighted by Gasteiger charge is 2.20. The summed E-state index contributed by atoms with van der Waals surface area (Å²) in [6, 6.07) is 10.4. The minimum atomic E-state index is -0.345. The Kier molecular flexibility index (Phi) is 4.73. The van der Waals surface area contributed by atoms with Gasteiger partial charge in [0.25, 0.3) is 5.22 Å². The molecule has 7 heteroatoms. The second kappa shape index (κ2) is 6.93. The van der Waals surface area contributed by atoms with E-state index < -0.39 is 0 Å². The molecular weight excluding hydrogens is 334 g/mol. The van der Waals surface area contributed by atoms with Crippen LogP contribution >= 0.6 is 23.4 Å². The van der Waals surface area contributed by atoms with E-state index in [2.05, 4.69) is 15.2 Å². The van der Waals surface area contributed by atoms with E-state index >= 15 is 0 Å². The Balaban J connectivity index is 1.71. The molecule has 0 radical (unpaired) electrons. The van der Waals surface area contributed by atoms with Gasteiger partial charge in [-0.1, -0.05) is 23.4 Å². The SMILES string of the molecule is CC(Sc1nnc(-c2ccncc2)o1)C(=O)c1ccc(Cl)cc1. The quantitative estimate of drug-likeness (QED) is 0.511. The van der Waals surface area contributed by atoms with Crippen LogP contribution in [-0.4, -0.2) is 26.2 Å². The zero-order valence-electron chi connectivity index (χ0n) is 12.1. The van der Waals surface area contributed by atoms with Crippen LogP contribution in [0, 0.1) is 0 Å². The van der Waals surface area contributed by atoms with Crippen molar-refractivity contribution in [2.45, 2.75) is 17.4 Å². The van der Waals surface area contributed by atoms with Crippen molar-refractivity contribution >= 4 is 29.1 Å². The number of carbonyl (C=O) groups excluding carboxylic acids is 1. The van der Waals surface area contributed by atoms with Crippen LogP contribution in [0.5, 0.6) is 0 Å². The monoisotopic (exact) mass is 345 g/mol. The molecule has 0 fully saturated rings. The number of hydrogen-bond acceptors (Lipinski definition) is 6. The van der Waals surface area contributed by atoms with E-state index in [-0.39, 0.29) is 11.0 Å². The van der Waals surface area contributed by atoms with Crippen molar-refractivity contribution in [2.24, 2.45) is 0 Å². The van der Waals surface area contributed by atoms with Gasteiger partial charge in [-0.15, -0.1) is 10.2 Å². The fraction of sp³-hybridized carbons (Fsp3) is 0.125. The second-order valence-corrected chi connectivity index (χ2v) is 6.47. The number of hydrogen-bond donors (Lipinski definition) is 0. The average molecular weight is 346 g/mol. The molecule has 0 aliphatic heterocycles. The number of pyridine rings is 1. The molecule has 0 N–H and O–H groups in total. The summed E-state index contributed by atoms with van der Waals surface area (Å²) in [4.78, 5) is 16.3. The van der Waals surface area contributed by atoms with Gasteiger partial charge in [0.05, 0.1) is 5.25 Å². The minimum absolute atomic E-state index is 0.0182. The first-order valence-corrected chi connectivity index (χ1v) is 8.09. The number of thioether (sulfide) groups is 1. The molecule has 0 amide bonds. The molecule has 0 aliphatic carbocycles. The minimum Gasteiger partial charge on any atom is -0.411 e. The Morgan fingerprint density at radius 1 is 1.13 bits per heavy atom. The van der Waals surface area contributed by atoms with Gasteiger partial charge in [-0.25, -0.2) is 0 Å². The molecule has 2 aromatic heterocycles. The molecule has 0 saturated carbocycles. The molecular formula is C16H12ClN3O2S. The van der Waals surface area contributed by atoms with Crippen molar-refractivity contribution in [1.82, 2.24) is 15.2 Å². The van der Waals surface area contributed by atoms with Crippen molar-refractivity contribution in [1.29, 1.82) is 0 Å². The zero-order valence-corrected chi connectivity index (χ0v) is 13.7. The van der Waals surface area contributed by atoms with Crippen LogP contribution in [0.15, 0.2) is 58.4 Å². The number of rotatable bonds is 5. The molecule has 1 aromatic carbocycles. The number of nitrogens with zero attached hydrogens (tertiary/aromatic N) is 3. The maximum absolute atomic E-state index is 12.4. The van der Waals surface area contributed by atoms with Crippen LogP contribution in [0.1, 0.15) is 17.3 Å². The van der Waals surface area contributed by atoms with Crippen LogP contribution in [0.4, 0.5) is 0 Å². The van der Waals surface area contributed by atoms with E-state index in [1.54, 1.807) is 55.7 Å². The van der Waals surface area contributed by atoms with Crippen molar-refractivity contribution in [2.75, 3.05) is 0 Å². The summed E-state index contributed by atoms with van der Waals surface area (Å²) in [6.07, 6.45) is 3.30. The lowest BCUT2D eigenvalue weighted by molar-refractivity contribution is 0.0993. The highest BCUT2D eigenvalue weighted by molar-refractivity contribution is 8.00. The molecule has 5 nitrogen and oxygen atoms in total. The first kappa shape index (κ1) is 15.7. The molecule has 2 heterocycles. The number of benzene rings is 1. The Morgan fingerprint density at radius 3 is 2.52 bits per heavy atom. The lowest BCUT2D eigenvalue weighted by Crippen LogP contribution is -2.13. The van der Waals surface area contributed by atoms with E-state index in [0.29, 0.717) is 21.7 Å². The maximum Gasteiger partial charge on any atom is 0.277 e. The first-order valence-electron chi connectivity index (χ1n) is 6.84. The van der Waals surface area contributed by atoms with Gasteiger partial charge in [0.1, 0.15) is 0 Å². The molecule has 0 spiro atoms. The molecule has 3 aromatic rings. The predicted octanol–water partition coefficient (Wildman–Crippen LogP) is 4.15. The van der Waals surface area contributed by atoms with E-state index in [1.165, 1.54) is 11.8 Å². The molecule has 0 saturated heterocycles. The summed E-state index contributed by atoms with van der Waals surface area (Å²) in [5.74, 6) is 0.386. The molecule has 116 valence electrons. The number of aromatic nitrogens is 3. The summed E-state index contributed by atoms with van der Waals surface area (Å²) >= 11 is 7.06. The molecule has 0 bridgehead atoms. The van der Waals surface area contributed by atoms with Gasteiger partial charge in [-0.3, -0.25) is 9.78 Å². The fourth-order valence-corrected chi connectivity index (χ4v) is 2.81. The number of carbonyl (C=O) groups is 1. The van der Waals surface area contributed by atoms with Crippen molar-refractivity contribution in [3.8, 4) is 11.5 Å². The van der Waals surface area contributed by atoms with Crippen molar-refractivity contribution in [3.05, 3.63) is 59.4 Å². The summed E-state index contributed by atoms with van der Waals surface area (Å²) < 4.78 is 5.59. The third kappa shape index (κ3) is 3.78. The Labute approximate surface area is 142 Å². The summed E-state index contributed by atoms with van der Waals surface area (Å²) in [6.45, 7) is 1.80. The fourth-order valence-electron chi connectivity index (χ4n) is 1.92. The van der Waals surface area contributed by atoms with Gasteiger partial charge >= 0.3 is 0 Å². The van der Waals surface area contributed by atoms with E-state index in [1.807, 2.05) is 0 Å². The average Bonchev–Trinajstić information content (AvgIpc) is 3.04.